The molecule has 0 aliphatic carbocycles. The Morgan fingerprint density at radius 1 is 1.14 bits per heavy atom. The Kier molecular flexibility index (Phi) is 3.58. The van der Waals surface area contributed by atoms with Crippen LogP contribution in [0.3, 0.4) is 0 Å². The molecule has 3 aromatic rings. The van der Waals surface area contributed by atoms with E-state index < -0.39 is 18.0 Å². The van der Waals surface area contributed by atoms with E-state index >= 15 is 0 Å². The maximum atomic E-state index is 13.0. The number of fused-ring (bicyclic) bond motifs is 1. The van der Waals surface area contributed by atoms with E-state index in [-0.39, 0.29) is 17.4 Å². The zero-order chi connectivity index (χ0) is 15.7. The maximum absolute atomic E-state index is 13.0. The van der Waals surface area contributed by atoms with Crippen molar-refractivity contribution in [1.29, 1.82) is 0 Å². The third-order valence-corrected chi connectivity index (χ3v) is 3.35. The zero-order valence-electron chi connectivity index (χ0n) is 11.3. The number of nitrogens with zero attached hydrogens (tertiary/aromatic N) is 3. The van der Waals surface area contributed by atoms with Crippen LogP contribution in [0, 0.1) is 0 Å². The molecule has 1 atom stereocenters. The highest BCUT2D eigenvalue weighted by Gasteiger charge is 2.37. The van der Waals surface area contributed by atoms with Gasteiger partial charge in [0.1, 0.15) is 0 Å². The van der Waals surface area contributed by atoms with Crippen molar-refractivity contribution < 1.29 is 18.3 Å². The van der Waals surface area contributed by atoms with Gasteiger partial charge in [-0.15, -0.1) is 0 Å². The lowest BCUT2D eigenvalue weighted by Crippen LogP contribution is -2.12. The highest BCUT2D eigenvalue weighted by molar-refractivity contribution is 5.81. The van der Waals surface area contributed by atoms with E-state index in [0.29, 0.717) is 5.56 Å². The van der Waals surface area contributed by atoms with Crippen molar-refractivity contribution in [2.45, 2.75) is 18.8 Å². The van der Waals surface area contributed by atoms with Crippen LogP contribution in [0.2, 0.25) is 0 Å². The molecule has 0 aliphatic rings. The molecule has 0 bridgehead atoms. The molecule has 7 heteroatoms. The summed E-state index contributed by atoms with van der Waals surface area (Å²) in [6, 6.07) is 10.2. The Morgan fingerprint density at radius 3 is 2.55 bits per heavy atom. The summed E-state index contributed by atoms with van der Waals surface area (Å²) < 4.78 is 40.2. The highest BCUT2D eigenvalue weighted by atomic mass is 19.4. The van der Waals surface area contributed by atoms with Gasteiger partial charge >= 0.3 is 6.18 Å². The number of aromatic nitrogens is 3. The summed E-state index contributed by atoms with van der Waals surface area (Å²) in [4.78, 5) is 3.72. The fourth-order valence-electron chi connectivity index (χ4n) is 2.32. The SMILES string of the molecule is O[C@H](Cn1nc(C(F)(F)F)c2cnccc21)c1ccccc1. The molecule has 22 heavy (non-hydrogen) atoms. The van der Waals surface area contributed by atoms with Gasteiger partial charge in [-0.05, 0) is 11.6 Å². The van der Waals surface area contributed by atoms with Crippen LogP contribution in [0.25, 0.3) is 10.9 Å². The standard InChI is InChI=1S/C15H12F3N3O/c16-15(17,18)14-11-8-19-7-6-12(11)21(20-14)9-13(22)10-4-2-1-3-5-10/h1-8,13,22H,9H2/t13-/m1/s1. The molecule has 0 spiro atoms. The van der Waals surface area contributed by atoms with Gasteiger partial charge in [-0.3, -0.25) is 9.67 Å². The van der Waals surface area contributed by atoms with Crippen molar-refractivity contribution in [1.82, 2.24) is 14.8 Å². The largest absolute Gasteiger partial charge is 0.435 e. The Bertz CT molecular complexity index is 784. The van der Waals surface area contributed by atoms with Crippen LogP contribution in [0.5, 0.6) is 0 Å². The molecule has 1 N–H and O–H groups in total. The minimum absolute atomic E-state index is 0.0688. The van der Waals surface area contributed by atoms with Gasteiger partial charge in [0.25, 0.3) is 0 Å². The fraction of sp³-hybridized carbons (Fsp3) is 0.200. The van der Waals surface area contributed by atoms with Crippen molar-refractivity contribution in [2.24, 2.45) is 0 Å². The van der Waals surface area contributed by atoms with Gasteiger partial charge in [0.15, 0.2) is 5.69 Å². The number of alkyl halides is 3. The molecule has 3 rings (SSSR count). The lowest BCUT2D eigenvalue weighted by atomic mass is 10.1. The number of benzene rings is 1. The van der Waals surface area contributed by atoms with E-state index in [4.69, 9.17) is 0 Å². The molecule has 0 saturated heterocycles. The number of rotatable bonds is 3. The van der Waals surface area contributed by atoms with Crippen molar-refractivity contribution >= 4 is 10.9 Å². The van der Waals surface area contributed by atoms with Gasteiger partial charge < -0.3 is 5.11 Å². The number of aliphatic hydroxyl groups is 1. The van der Waals surface area contributed by atoms with Crippen molar-refractivity contribution in [3.63, 3.8) is 0 Å². The van der Waals surface area contributed by atoms with Crippen LogP contribution in [-0.2, 0) is 12.7 Å². The number of halogens is 3. The number of hydrogen-bond acceptors (Lipinski definition) is 3. The van der Waals surface area contributed by atoms with Crippen LogP contribution >= 0.6 is 0 Å². The molecule has 114 valence electrons. The quantitative estimate of drug-likeness (QED) is 0.808. The van der Waals surface area contributed by atoms with E-state index in [9.17, 15) is 18.3 Å². The first-order valence-electron chi connectivity index (χ1n) is 6.57. The first kappa shape index (κ1) is 14.5. The summed E-state index contributed by atoms with van der Waals surface area (Å²) in [5, 5.41) is 13.7. The van der Waals surface area contributed by atoms with E-state index in [1.54, 1.807) is 30.3 Å². The fourth-order valence-corrected chi connectivity index (χ4v) is 2.32. The summed E-state index contributed by atoms with van der Waals surface area (Å²) in [5.41, 5.74) is -0.0815. The van der Waals surface area contributed by atoms with Crippen LogP contribution in [0.1, 0.15) is 17.4 Å². The van der Waals surface area contributed by atoms with Gasteiger partial charge in [0.2, 0.25) is 0 Å². The average Bonchev–Trinajstić information content (AvgIpc) is 2.87. The first-order valence-corrected chi connectivity index (χ1v) is 6.57. The molecule has 4 nitrogen and oxygen atoms in total. The zero-order valence-corrected chi connectivity index (χ0v) is 11.3. The molecular weight excluding hydrogens is 295 g/mol. The average molecular weight is 307 g/mol. The van der Waals surface area contributed by atoms with E-state index in [1.807, 2.05) is 0 Å². The number of pyridine rings is 1. The third-order valence-electron chi connectivity index (χ3n) is 3.35. The Hall–Kier alpha value is -2.41. The Balaban J connectivity index is 2.01. The molecule has 2 aromatic heterocycles. The monoisotopic (exact) mass is 307 g/mol. The number of aliphatic hydroxyl groups excluding tert-OH is 1. The normalized spacial score (nSPS) is 13.5. The Labute approximate surface area is 123 Å². The molecule has 1 aromatic carbocycles. The third kappa shape index (κ3) is 2.67. The summed E-state index contributed by atoms with van der Waals surface area (Å²) in [5.74, 6) is 0. The first-order chi connectivity index (χ1) is 10.5. The second-order valence-corrected chi connectivity index (χ2v) is 4.85. The molecule has 0 saturated carbocycles. The molecule has 0 radical (unpaired) electrons. The van der Waals surface area contributed by atoms with Crippen LogP contribution in [0.15, 0.2) is 48.8 Å². The minimum Gasteiger partial charge on any atom is -0.386 e. The second-order valence-electron chi connectivity index (χ2n) is 4.85. The molecule has 0 unspecified atom stereocenters. The van der Waals surface area contributed by atoms with Gasteiger partial charge in [0, 0.05) is 12.4 Å². The van der Waals surface area contributed by atoms with Crippen molar-refractivity contribution in [2.75, 3.05) is 0 Å². The summed E-state index contributed by atoms with van der Waals surface area (Å²) in [6.07, 6.45) is -2.98. The van der Waals surface area contributed by atoms with Gasteiger partial charge in [0.05, 0.1) is 23.6 Å². The van der Waals surface area contributed by atoms with Gasteiger partial charge in [-0.25, -0.2) is 0 Å². The highest BCUT2D eigenvalue weighted by Crippen LogP contribution is 2.34. The molecule has 0 fully saturated rings. The van der Waals surface area contributed by atoms with Crippen LogP contribution in [-0.4, -0.2) is 19.9 Å². The van der Waals surface area contributed by atoms with Crippen LogP contribution < -0.4 is 0 Å². The number of hydrogen-bond donors (Lipinski definition) is 1. The van der Waals surface area contributed by atoms with E-state index in [2.05, 4.69) is 10.1 Å². The van der Waals surface area contributed by atoms with Gasteiger partial charge in [-0.1, -0.05) is 30.3 Å². The maximum Gasteiger partial charge on any atom is 0.435 e. The summed E-state index contributed by atoms with van der Waals surface area (Å²) in [7, 11) is 0. The molecule has 0 aliphatic heterocycles. The van der Waals surface area contributed by atoms with E-state index in [0.717, 1.165) is 10.9 Å². The van der Waals surface area contributed by atoms with Crippen molar-refractivity contribution in [3.8, 4) is 0 Å². The summed E-state index contributed by atoms with van der Waals surface area (Å²) >= 11 is 0. The van der Waals surface area contributed by atoms with E-state index in [1.165, 1.54) is 12.3 Å². The minimum atomic E-state index is -4.57. The second kappa shape index (κ2) is 5.42. The smallest absolute Gasteiger partial charge is 0.386 e. The molecular formula is C15H12F3N3O. The molecule has 0 amide bonds. The topological polar surface area (TPSA) is 50.9 Å². The Morgan fingerprint density at radius 2 is 1.86 bits per heavy atom. The van der Waals surface area contributed by atoms with Crippen LogP contribution in [0.4, 0.5) is 13.2 Å². The summed E-state index contributed by atoms with van der Waals surface area (Å²) in [6.45, 7) is -0.0688. The lowest BCUT2D eigenvalue weighted by Gasteiger charge is -2.11. The predicted octanol–water partition coefficient (Wildman–Crippen LogP) is 3.18. The predicted molar refractivity (Wildman–Crippen MR) is 73.9 cm³/mol. The van der Waals surface area contributed by atoms with Gasteiger partial charge in [-0.2, -0.15) is 18.3 Å². The lowest BCUT2D eigenvalue weighted by molar-refractivity contribution is -0.140. The van der Waals surface area contributed by atoms with Crippen molar-refractivity contribution in [3.05, 3.63) is 60.0 Å². The molecule has 2 heterocycles.